The van der Waals surface area contributed by atoms with Crippen LogP contribution in [0.5, 0.6) is 11.5 Å². The number of thioether (sulfide) groups is 1. The standard InChI is InChI=1S/C28H26Cl2N2O3S/c1-4-13-32-27(33)26(36-28(32)31-21-9-5-18(2)6-10-21)16-19-8-12-24(25(15-19)34-3)35-17-20-7-11-22(29)23(30)14-20/h5-12,14-16H,4,13,17H2,1-3H3/b26-16+,31-28?. The van der Waals surface area contributed by atoms with Crippen molar-refractivity contribution in [3.8, 4) is 11.5 Å². The van der Waals surface area contributed by atoms with Gasteiger partial charge >= 0.3 is 0 Å². The summed E-state index contributed by atoms with van der Waals surface area (Å²) in [5.74, 6) is 1.11. The Morgan fingerprint density at radius 2 is 1.78 bits per heavy atom. The smallest absolute Gasteiger partial charge is 0.266 e. The second-order valence-electron chi connectivity index (χ2n) is 8.24. The van der Waals surface area contributed by atoms with E-state index in [2.05, 4.69) is 0 Å². The second kappa shape index (κ2) is 11.9. The fourth-order valence-corrected chi connectivity index (χ4v) is 4.92. The van der Waals surface area contributed by atoms with Crippen LogP contribution in [0.2, 0.25) is 10.0 Å². The first-order valence-corrected chi connectivity index (χ1v) is 13.1. The lowest BCUT2D eigenvalue weighted by Gasteiger charge is -2.14. The maximum absolute atomic E-state index is 13.2. The van der Waals surface area contributed by atoms with Crippen LogP contribution in [0.4, 0.5) is 5.69 Å². The van der Waals surface area contributed by atoms with E-state index >= 15 is 0 Å². The number of aliphatic imine (C=N–C) groups is 1. The van der Waals surface area contributed by atoms with Crippen LogP contribution in [0, 0.1) is 6.92 Å². The van der Waals surface area contributed by atoms with E-state index in [0.717, 1.165) is 23.2 Å². The summed E-state index contributed by atoms with van der Waals surface area (Å²) >= 11 is 13.5. The molecule has 0 saturated carbocycles. The van der Waals surface area contributed by atoms with E-state index in [0.29, 0.717) is 44.8 Å². The molecule has 0 N–H and O–H groups in total. The van der Waals surface area contributed by atoms with E-state index in [-0.39, 0.29) is 5.91 Å². The Labute approximate surface area is 225 Å². The molecule has 0 aliphatic carbocycles. The summed E-state index contributed by atoms with van der Waals surface area (Å²) < 4.78 is 11.5. The number of benzene rings is 3. The Bertz CT molecular complexity index is 1320. The van der Waals surface area contributed by atoms with Crippen LogP contribution < -0.4 is 9.47 Å². The van der Waals surface area contributed by atoms with Crippen LogP contribution in [0.3, 0.4) is 0 Å². The summed E-state index contributed by atoms with van der Waals surface area (Å²) in [7, 11) is 1.59. The second-order valence-corrected chi connectivity index (χ2v) is 10.1. The molecule has 1 aliphatic heterocycles. The van der Waals surface area contributed by atoms with Gasteiger partial charge in [-0.1, -0.05) is 60.0 Å². The lowest BCUT2D eigenvalue weighted by molar-refractivity contribution is -0.122. The van der Waals surface area contributed by atoms with Crippen LogP contribution >= 0.6 is 35.0 Å². The zero-order valence-corrected chi connectivity index (χ0v) is 22.6. The zero-order valence-electron chi connectivity index (χ0n) is 20.3. The van der Waals surface area contributed by atoms with Crippen LogP contribution in [0.25, 0.3) is 6.08 Å². The van der Waals surface area contributed by atoms with Crippen molar-refractivity contribution < 1.29 is 14.3 Å². The van der Waals surface area contributed by atoms with Crippen LogP contribution in [0.1, 0.15) is 30.0 Å². The number of carbonyl (C=O) groups is 1. The molecule has 1 aliphatic rings. The van der Waals surface area contributed by atoms with Gasteiger partial charge in [-0.05, 0) is 78.7 Å². The van der Waals surface area contributed by atoms with Gasteiger partial charge in [-0.15, -0.1) is 0 Å². The first-order chi connectivity index (χ1) is 17.4. The lowest BCUT2D eigenvalue weighted by atomic mass is 10.1. The molecule has 1 fully saturated rings. The monoisotopic (exact) mass is 540 g/mol. The van der Waals surface area contributed by atoms with Gasteiger partial charge < -0.3 is 9.47 Å². The fraction of sp³-hybridized carbons (Fsp3) is 0.214. The molecule has 8 heteroatoms. The minimum Gasteiger partial charge on any atom is -0.493 e. The molecule has 36 heavy (non-hydrogen) atoms. The first kappa shape index (κ1) is 26.1. The van der Waals surface area contributed by atoms with Crippen molar-refractivity contribution in [2.45, 2.75) is 26.9 Å². The summed E-state index contributed by atoms with van der Waals surface area (Å²) in [5.41, 5.74) is 3.71. The number of amides is 1. The topological polar surface area (TPSA) is 51.1 Å². The van der Waals surface area contributed by atoms with Gasteiger partial charge in [0.15, 0.2) is 16.7 Å². The van der Waals surface area contributed by atoms with E-state index < -0.39 is 0 Å². The normalized spacial score (nSPS) is 15.7. The van der Waals surface area contributed by atoms with Crippen LogP contribution in [-0.2, 0) is 11.4 Å². The molecular weight excluding hydrogens is 515 g/mol. The Kier molecular flexibility index (Phi) is 8.62. The third kappa shape index (κ3) is 6.25. The molecule has 1 heterocycles. The molecule has 1 saturated heterocycles. The molecule has 0 atom stereocenters. The van der Waals surface area contributed by atoms with Crippen LogP contribution in [0.15, 0.2) is 70.6 Å². The molecule has 0 radical (unpaired) electrons. The Morgan fingerprint density at radius 3 is 2.47 bits per heavy atom. The van der Waals surface area contributed by atoms with E-state index in [1.165, 1.54) is 17.3 Å². The molecule has 0 spiro atoms. The van der Waals surface area contributed by atoms with Gasteiger partial charge in [0.2, 0.25) is 0 Å². The Morgan fingerprint density at radius 1 is 1.00 bits per heavy atom. The third-order valence-electron chi connectivity index (χ3n) is 5.46. The summed E-state index contributed by atoms with van der Waals surface area (Å²) in [4.78, 5) is 20.3. The van der Waals surface area contributed by atoms with Crippen molar-refractivity contribution in [3.63, 3.8) is 0 Å². The van der Waals surface area contributed by atoms with Crippen molar-refractivity contribution in [2.75, 3.05) is 13.7 Å². The highest BCUT2D eigenvalue weighted by atomic mass is 35.5. The van der Waals surface area contributed by atoms with Gasteiger partial charge in [-0.3, -0.25) is 9.69 Å². The predicted molar refractivity (Wildman–Crippen MR) is 150 cm³/mol. The predicted octanol–water partition coefficient (Wildman–Crippen LogP) is 7.90. The van der Waals surface area contributed by atoms with Gasteiger partial charge in [-0.25, -0.2) is 4.99 Å². The number of hydrogen-bond donors (Lipinski definition) is 0. The van der Waals surface area contributed by atoms with E-state index in [4.69, 9.17) is 37.7 Å². The summed E-state index contributed by atoms with van der Waals surface area (Å²) in [5, 5.41) is 1.66. The summed E-state index contributed by atoms with van der Waals surface area (Å²) in [6.07, 6.45) is 2.70. The average molecular weight is 542 g/mol. The maximum atomic E-state index is 13.2. The highest BCUT2D eigenvalue weighted by molar-refractivity contribution is 8.18. The van der Waals surface area contributed by atoms with Crippen molar-refractivity contribution in [2.24, 2.45) is 4.99 Å². The molecule has 3 aromatic rings. The number of rotatable bonds is 8. The van der Waals surface area contributed by atoms with Gasteiger partial charge in [0.05, 0.1) is 27.7 Å². The number of halogens is 2. The number of methoxy groups -OCH3 is 1. The number of hydrogen-bond acceptors (Lipinski definition) is 5. The Balaban J connectivity index is 1.54. The molecule has 186 valence electrons. The average Bonchev–Trinajstić information content (AvgIpc) is 3.15. The fourth-order valence-electron chi connectivity index (χ4n) is 3.58. The molecule has 0 aromatic heterocycles. The summed E-state index contributed by atoms with van der Waals surface area (Å²) in [6.45, 7) is 5.00. The molecule has 4 rings (SSSR count). The van der Waals surface area contributed by atoms with Gasteiger partial charge in [0.25, 0.3) is 5.91 Å². The van der Waals surface area contributed by atoms with E-state index in [9.17, 15) is 4.79 Å². The molecule has 0 unspecified atom stereocenters. The molecule has 5 nitrogen and oxygen atoms in total. The number of aryl methyl sites for hydroxylation is 1. The quantitative estimate of drug-likeness (QED) is 0.272. The van der Waals surface area contributed by atoms with Gasteiger partial charge in [0, 0.05) is 6.54 Å². The zero-order chi connectivity index (χ0) is 25.7. The minimum atomic E-state index is -0.0494. The molecule has 3 aromatic carbocycles. The highest BCUT2D eigenvalue weighted by Gasteiger charge is 2.32. The number of nitrogens with zero attached hydrogens (tertiary/aromatic N) is 2. The largest absolute Gasteiger partial charge is 0.493 e. The summed E-state index contributed by atoms with van der Waals surface area (Å²) in [6, 6.07) is 18.9. The number of ether oxygens (including phenoxy) is 2. The van der Waals surface area contributed by atoms with Crippen molar-refractivity contribution >= 4 is 57.8 Å². The highest BCUT2D eigenvalue weighted by Crippen LogP contribution is 2.36. The molecule has 1 amide bonds. The SMILES string of the molecule is CCCN1C(=O)/C(=C\c2ccc(OCc3ccc(Cl)c(Cl)c3)c(OC)c2)SC1=Nc1ccc(C)cc1. The third-order valence-corrected chi connectivity index (χ3v) is 7.20. The van der Waals surface area contributed by atoms with Crippen molar-refractivity contribution in [3.05, 3.63) is 92.3 Å². The van der Waals surface area contributed by atoms with E-state index in [1.54, 1.807) is 24.1 Å². The van der Waals surface area contributed by atoms with Crippen molar-refractivity contribution in [1.82, 2.24) is 4.90 Å². The molecular formula is C28H26Cl2N2O3S. The Hall–Kier alpha value is -2.93. The molecule has 0 bridgehead atoms. The van der Waals surface area contributed by atoms with Crippen LogP contribution in [-0.4, -0.2) is 29.6 Å². The van der Waals surface area contributed by atoms with Gasteiger partial charge in [-0.2, -0.15) is 0 Å². The number of carbonyl (C=O) groups excluding carboxylic acids is 1. The van der Waals surface area contributed by atoms with Gasteiger partial charge in [0.1, 0.15) is 6.61 Å². The maximum Gasteiger partial charge on any atom is 0.266 e. The van der Waals surface area contributed by atoms with Crippen molar-refractivity contribution in [1.29, 1.82) is 0 Å². The number of amidine groups is 1. The first-order valence-electron chi connectivity index (χ1n) is 11.5. The van der Waals surface area contributed by atoms with E-state index in [1.807, 2.05) is 68.5 Å². The lowest BCUT2D eigenvalue weighted by Crippen LogP contribution is -2.29. The minimum absolute atomic E-state index is 0.0494.